The van der Waals surface area contributed by atoms with Gasteiger partial charge in [0.15, 0.2) is 0 Å². The number of anilines is 1. The van der Waals surface area contributed by atoms with E-state index in [4.69, 9.17) is 0 Å². The summed E-state index contributed by atoms with van der Waals surface area (Å²) in [5.74, 6) is 0. The largest absolute Gasteiger partial charge is 0.383 e. The van der Waals surface area contributed by atoms with Gasteiger partial charge in [0.05, 0.1) is 5.69 Å². The van der Waals surface area contributed by atoms with Crippen molar-refractivity contribution in [1.29, 1.82) is 0 Å². The normalized spacial score (nSPS) is 10.1. The maximum absolute atomic E-state index is 3.71. The van der Waals surface area contributed by atoms with Crippen LogP contribution in [0, 0.1) is 6.92 Å². The standard InChI is InChI=1S/C12H15Br2N/c1-3-4-5-6-15-12-10(13)7-9(2)8-11(12)14/h3,7-8,15H,1,4-6H2,2H3. The van der Waals surface area contributed by atoms with Crippen LogP contribution in [0.25, 0.3) is 0 Å². The first-order chi connectivity index (χ1) is 7.15. The van der Waals surface area contributed by atoms with Gasteiger partial charge in [0.2, 0.25) is 0 Å². The number of allylic oxidation sites excluding steroid dienone is 1. The lowest BCUT2D eigenvalue weighted by Gasteiger charge is -2.11. The minimum Gasteiger partial charge on any atom is -0.383 e. The summed E-state index contributed by atoms with van der Waals surface area (Å²) in [6.07, 6.45) is 4.10. The molecule has 0 aliphatic carbocycles. The average Bonchev–Trinajstić information content (AvgIpc) is 2.15. The average molecular weight is 333 g/mol. The molecule has 1 rings (SSSR count). The first kappa shape index (κ1) is 12.8. The summed E-state index contributed by atoms with van der Waals surface area (Å²) >= 11 is 7.11. The predicted molar refractivity (Wildman–Crippen MR) is 74.5 cm³/mol. The number of halogens is 2. The molecule has 0 saturated heterocycles. The quantitative estimate of drug-likeness (QED) is 0.597. The summed E-state index contributed by atoms with van der Waals surface area (Å²) in [5.41, 5.74) is 2.37. The molecule has 0 aliphatic heterocycles. The van der Waals surface area contributed by atoms with E-state index in [1.165, 1.54) is 5.56 Å². The van der Waals surface area contributed by atoms with Gasteiger partial charge in [-0.25, -0.2) is 0 Å². The van der Waals surface area contributed by atoms with Crippen LogP contribution < -0.4 is 5.32 Å². The van der Waals surface area contributed by atoms with Gasteiger partial charge in [0, 0.05) is 15.5 Å². The second-order valence-corrected chi connectivity index (χ2v) is 5.17. The molecule has 0 saturated carbocycles. The lowest BCUT2D eigenvalue weighted by molar-refractivity contribution is 0.889. The van der Waals surface area contributed by atoms with Crippen LogP contribution in [0.15, 0.2) is 33.7 Å². The molecule has 0 unspecified atom stereocenters. The maximum atomic E-state index is 3.71. The molecule has 0 aromatic heterocycles. The number of benzene rings is 1. The zero-order valence-corrected chi connectivity index (χ0v) is 12.0. The van der Waals surface area contributed by atoms with Gasteiger partial charge in [-0.05, 0) is 69.3 Å². The predicted octanol–water partition coefficient (Wildman–Crippen LogP) is 4.90. The van der Waals surface area contributed by atoms with E-state index in [0.717, 1.165) is 34.0 Å². The van der Waals surface area contributed by atoms with E-state index in [1.807, 2.05) is 6.08 Å². The fourth-order valence-electron chi connectivity index (χ4n) is 1.33. The van der Waals surface area contributed by atoms with E-state index in [1.54, 1.807) is 0 Å². The highest BCUT2D eigenvalue weighted by Gasteiger charge is 2.04. The lowest BCUT2D eigenvalue weighted by atomic mass is 10.2. The molecule has 0 fully saturated rings. The molecule has 0 spiro atoms. The molecule has 0 aliphatic rings. The molecule has 1 nitrogen and oxygen atoms in total. The van der Waals surface area contributed by atoms with Gasteiger partial charge >= 0.3 is 0 Å². The molecule has 0 radical (unpaired) electrons. The molecule has 82 valence electrons. The summed E-state index contributed by atoms with van der Waals surface area (Å²) in [4.78, 5) is 0. The number of aryl methyl sites for hydroxylation is 1. The van der Waals surface area contributed by atoms with E-state index in [-0.39, 0.29) is 0 Å². The van der Waals surface area contributed by atoms with Crippen molar-refractivity contribution in [1.82, 2.24) is 0 Å². The van der Waals surface area contributed by atoms with E-state index < -0.39 is 0 Å². The van der Waals surface area contributed by atoms with Crippen LogP contribution in [0.2, 0.25) is 0 Å². The molecular formula is C12H15Br2N. The topological polar surface area (TPSA) is 12.0 Å². The monoisotopic (exact) mass is 331 g/mol. The van der Waals surface area contributed by atoms with Crippen molar-refractivity contribution in [2.75, 3.05) is 11.9 Å². The van der Waals surface area contributed by atoms with Crippen LogP contribution in [0.4, 0.5) is 5.69 Å². The molecule has 15 heavy (non-hydrogen) atoms. The van der Waals surface area contributed by atoms with Crippen molar-refractivity contribution in [3.8, 4) is 0 Å². The first-order valence-corrected chi connectivity index (χ1v) is 6.54. The van der Waals surface area contributed by atoms with Crippen molar-refractivity contribution >= 4 is 37.5 Å². The fourth-order valence-corrected chi connectivity index (χ4v) is 3.02. The Morgan fingerprint density at radius 1 is 1.33 bits per heavy atom. The Bertz CT molecular complexity index is 324. The molecule has 0 heterocycles. The Hall–Kier alpha value is -0.280. The van der Waals surface area contributed by atoms with E-state index in [2.05, 4.69) is 62.8 Å². The van der Waals surface area contributed by atoms with E-state index >= 15 is 0 Å². The van der Waals surface area contributed by atoms with Gasteiger partial charge in [-0.2, -0.15) is 0 Å². The number of hydrogen-bond acceptors (Lipinski definition) is 1. The highest BCUT2D eigenvalue weighted by Crippen LogP contribution is 2.32. The van der Waals surface area contributed by atoms with Crippen molar-refractivity contribution in [3.05, 3.63) is 39.3 Å². The zero-order chi connectivity index (χ0) is 11.3. The third kappa shape index (κ3) is 3.99. The van der Waals surface area contributed by atoms with Gasteiger partial charge in [-0.3, -0.25) is 0 Å². The Kier molecular flexibility index (Phi) is 5.40. The Balaban J connectivity index is 2.64. The van der Waals surface area contributed by atoms with Crippen LogP contribution in [0.1, 0.15) is 18.4 Å². The van der Waals surface area contributed by atoms with E-state index in [0.29, 0.717) is 0 Å². The summed E-state index contributed by atoms with van der Waals surface area (Å²) in [6.45, 7) is 6.75. The summed E-state index contributed by atoms with van der Waals surface area (Å²) < 4.78 is 2.21. The van der Waals surface area contributed by atoms with Crippen molar-refractivity contribution < 1.29 is 0 Å². The second-order valence-electron chi connectivity index (χ2n) is 3.46. The van der Waals surface area contributed by atoms with Crippen molar-refractivity contribution in [2.45, 2.75) is 19.8 Å². The number of hydrogen-bond donors (Lipinski definition) is 1. The highest BCUT2D eigenvalue weighted by molar-refractivity contribution is 9.11. The number of rotatable bonds is 5. The molecule has 0 bridgehead atoms. The molecule has 0 atom stereocenters. The molecule has 1 aromatic carbocycles. The minimum atomic E-state index is 0.965. The molecular weight excluding hydrogens is 318 g/mol. The van der Waals surface area contributed by atoms with Crippen LogP contribution >= 0.6 is 31.9 Å². The molecule has 0 amide bonds. The first-order valence-electron chi connectivity index (χ1n) is 4.95. The van der Waals surface area contributed by atoms with Gasteiger partial charge in [0.25, 0.3) is 0 Å². The van der Waals surface area contributed by atoms with Crippen LogP contribution in [0.5, 0.6) is 0 Å². The summed E-state index contributed by atoms with van der Waals surface area (Å²) in [6, 6.07) is 4.22. The molecule has 3 heteroatoms. The summed E-state index contributed by atoms with van der Waals surface area (Å²) in [5, 5.41) is 3.40. The smallest absolute Gasteiger partial charge is 0.0629 e. The number of unbranched alkanes of at least 4 members (excludes halogenated alkanes) is 1. The van der Waals surface area contributed by atoms with Crippen molar-refractivity contribution in [2.24, 2.45) is 0 Å². The molecule has 1 aromatic rings. The Morgan fingerprint density at radius 2 is 1.93 bits per heavy atom. The van der Waals surface area contributed by atoms with Crippen LogP contribution in [0.3, 0.4) is 0 Å². The Morgan fingerprint density at radius 3 is 2.47 bits per heavy atom. The minimum absolute atomic E-state index is 0.965. The van der Waals surface area contributed by atoms with Crippen molar-refractivity contribution in [3.63, 3.8) is 0 Å². The molecule has 1 N–H and O–H groups in total. The highest BCUT2D eigenvalue weighted by atomic mass is 79.9. The van der Waals surface area contributed by atoms with Gasteiger partial charge in [-0.15, -0.1) is 6.58 Å². The Labute approximate surface area is 108 Å². The van der Waals surface area contributed by atoms with Crippen LogP contribution in [-0.2, 0) is 0 Å². The second kappa shape index (κ2) is 6.33. The third-order valence-electron chi connectivity index (χ3n) is 2.07. The van der Waals surface area contributed by atoms with E-state index in [9.17, 15) is 0 Å². The van der Waals surface area contributed by atoms with Crippen LogP contribution in [-0.4, -0.2) is 6.54 Å². The zero-order valence-electron chi connectivity index (χ0n) is 8.82. The third-order valence-corrected chi connectivity index (χ3v) is 3.32. The van der Waals surface area contributed by atoms with Gasteiger partial charge in [-0.1, -0.05) is 6.08 Å². The summed E-state index contributed by atoms with van der Waals surface area (Å²) in [7, 11) is 0. The maximum Gasteiger partial charge on any atom is 0.0629 e. The van der Waals surface area contributed by atoms with Gasteiger partial charge < -0.3 is 5.32 Å². The lowest BCUT2D eigenvalue weighted by Crippen LogP contribution is -2.02. The number of nitrogens with one attached hydrogen (secondary N) is 1. The van der Waals surface area contributed by atoms with Gasteiger partial charge in [0.1, 0.15) is 0 Å². The SMILES string of the molecule is C=CCCCNc1c(Br)cc(C)cc1Br. The fraction of sp³-hybridized carbons (Fsp3) is 0.333.